The third-order valence-electron chi connectivity index (χ3n) is 5.10. The molecule has 0 bridgehead atoms. The van der Waals surface area contributed by atoms with E-state index in [0.29, 0.717) is 12.5 Å². The topological polar surface area (TPSA) is 35.5 Å². The monoisotopic (exact) mass is 224 g/mol. The van der Waals surface area contributed by atoms with E-state index in [9.17, 15) is 0 Å². The molecule has 3 heteroatoms. The van der Waals surface area contributed by atoms with E-state index in [2.05, 4.69) is 10.2 Å². The number of hydrogen-bond donors (Lipinski definition) is 2. The van der Waals surface area contributed by atoms with Crippen LogP contribution in [0.15, 0.2) is 0 Å². The molecule has 3 atom stereocenters. The lowest BCUT2D eigenvalue weighted by Gasteiger charge is -2.37. The first-order chi connectivity index (χ1) is 7.88. The molecule has 3 rings (SSSR count). The van der Waals surface area contributed by atoms with Crippen molar-refractivity contribution in [2.75, 3.05) is 32.8 Å². The number of aliphatic hydroxyl groups excluding tert-OH is 1. The van der Waals surface area contributed by atoms with Crippen LogP contribution in [0.3, 0.4) is 0 Å². The first kappa shape index (κ1) is 11.0. The molecule has 92 valence electrons. The van der Waals surface area contributed by atoms with Crippen molar-refractivity contribution in [1.29, 1.82) is 0 Å². The highest BCUT2D eigenvalue weighted by Crippen LogP contribution is 2.38. The quantitative estimate of drug-likeness (QED) is 0.724. The molecule has 2 aliphatic heterocycles. The lowest BCUT2D eigenvalue weighted by molar-refractivity contribution is 0.0844. The van der Waals surface area contributed by atoms with Gasteiger partial charge in [-0.05, 0) is 69.6 Å². The summed E-state index contributed by atoms with van der Waals surface area (Å²) < 4.78 is 0. The van der Waals surface area contributed by atoms with Crippen molar-refractivity contribution in [1.82, 2.24) is 10.2 Å². The Balaban J connectivity index is 1.58. The molecular formula is C13H24N2O. The lowest BCUT2D eigenvalue weighted by Crippen LogP contribution is -2.44. The molecule has 0 aromatic carbocycles. The second kappa shape index (κ2) is 4.63. The summed E-state index contributed by atoms with van der Waals surface area (Å²) in [5.74, 6) is 2.46. The number of hydrogen-bond acceptors (Lipinski definition) is 3. The molecule has 3 nitrogen and oxygen atoms in total. The molecule has 2 N–H and O–H groups in total. The summed E-state index contributed by atoms with van der Waals surface area (Å²) in [5.41, 5.74) is 0. The molecule has 3 fully saturated rings. The van der Waals surface area contributed by atoms with Gasteiger partial charge in [-0.25, -0.2) is 0 Å². The second-order valence-electron chi connectivity index (χ2n) is 5.89. The van der Waals surface area contributed by atoms with E-state index >= 15 is 0 Å². The highest BCUT2D eigenvalue weighted by atomic mass is 16.3. The van der Waals surface area contributed by atoms with E-state index in [1.165, 1.54) is 51.9 Å². The van der Waals surface area contributed by atoms with Gasteiger partial charge in [0.1, 0.15) is 0 Å². The van der Waals surface area contributed by atoms with E-state index in [1.54, 1.807) is 0 Å². The molecule has 0 radical (unpaired) electrons. The molecule has 1 aliphatic carbocycles. The zero-order valence-corrected chi connectivity index (χ0v) is 10.1. The number of fused-ring (bicyclic) bond motifs is 1. The van der Waals surface area contributed by atoms with Crippen molar-refractivity contribution < 1.29 is 5.11 Å². The number of piperidine rings is 1. The number of aliphatic hydroxyl groups is 1. The van der Waals surface area contributed by atoms with Crippen molar-refractivity contribution in [2.24, 2.45) is 17.8 Å². The molecule has 2 heterocycles. The largest absolute Gasteiger partial charge is 0.396 e. The fourth-order valence-corrected chi connectivity index (χ4v) is 4.04. The van der Waals surface area contributed by atoms with Crippen LogP contribution in [0.4, 0.5) is 0 Å². The standard InChI is InChI=1S/C13H24N2O/c16-9-10-3-5-15(6-4-10)13-2-1-11-7-14-8-12(11)13/h10-14,16H,1-9H2. The summed E-state index contributed by atoms with van der Waals surface area (Å²) in [6, 6.07) is 0.847. The van der Waals surface area contributed by atoms with Crippen molar-refractivity contribution in [3.05, 3.63) is 0 Å². The van der Waals surface area contributed by atoms with Gasteiger partial charge in [0.25, 0.3) is 0 Å². The molecule has 0 aromatic rings. The molecule has 3 aliphatic rings. The van der Waals surface area contributed by atoms with E-state index in [4.69, 9.17) is 5.11 Å². The van der Waals surface area contributed by atoms with E-state index in [-0.39, 0.29) is 0 Å². The number of nitrogens with one attached hydrogen (secondary N) is 1. The predicted octanol–water partition coefficient (Wildman–Crippen LogP) is 0.689. The zero-order chi connectivity index (χ0) is 11.0. The van der Waals surface area contributed by atoms with E-state index in [1.807, 2.05) is 0 Å². The Bertz CT molecular complexity index is 238. The molecule has 0 aromatic heterocycles. The molecule has 1 saturated carbocycles. The Kier molecular flexibility index (Phi) is 3.18. The highest BCUT2D eigenvalue weighted by Gasteiger charge is 2.42. The minimum Gasteiger partial charge on any atom is -0.396 e. The van der Waals surface area contributed by atoms with Gasteiger partial charge in [0.05, 0.1) is 0 Å². The highest BCUT2D eigenvalue weighted by molar-refractivity contribution is 4.97. The smallest absolute Gasteiger partial charge is 0.0460 e. The van der Waals surface area contributed by atoms with Crippen LogP contribution < -0.4 is 5.32 Å². The zero-order valence-electron chi connectivity index (χ0n) is 10.1. The maximum absolute atomic E-state index is 9.16. The van der Waals surface area contributed by atoms with Crippen molar-refractivity contribution >= 4 is 0 Å². The molecule has 2 saturated heterocycles. The van der Waals surface area contributed by atoms with E-state index < -0.39 is 0 Å². The van der Waals surface area contributed by atoms with Crippen LogP contribution in [-0.4, -0.2) is 48.8 Å². The molecule has 16 heavy (non-hydrogen) atoms. The van der Waals surface area contributed by atoms with Gasteiger partial charge in [-0.15, -0.1) is 0 Å². The summed E-state index contributed by atoms with van der Waals surface area (Å²) in [6.07, 6.45) is 5.26. The summed E-state index contributed by atoms with van der Waals surface area (Å²) in [4.78, 5) is 2.71. The van der Waals surface area contributed by atoms with Crippen LogP contribution >= 0.6 is 0 Å². The van der Waals surface area contributed by atoms with Gasteiger partial charge < -0.3 is 15.3 Å². The van der Waals surface area contributed by atoms with Gasteiger partial charge in [-0.2, -0.15) is 0 Å². The minimum absolute atomic E-state index is 0.395. The summed E-state index contributed by atoms with van der Waals surface area (Å²) in [5, 5.41) is 12.7. The van der Waals surface area contributed by atoms with E-state index in [0.717, 1.165) is 17.9 Å². The molecule has 0 amide bonds. The first-order valence-electron chi connectivity index (χ1n) is 6.94. The third-order valence-corrected chi connectivity index (χ3v) is 5.10. The normalized spacial score (nSPS) is 41.4. The fourth-order valence-electron chi connectivity index (χ4n) is 4.04. The maximum atomic E-state index is 9.16. The molecule has 3 unspecified atom stereocenters. The van der Waals surface area contributed by atoms with Crippen LogP contribution in [0.2, 0.25) is 0 Å². The Morgan fingerprint density at radius 1 is 1.06 bits per heavy atom. The Morgan fingerprint density at radius 2 is 1.88 bits per heavy atom. The first-order valence-corrected chi connectivity index (χ1v) is 6.94. The van der Waals surface area contributed by atoms with Crippen LogP contribution in [0.25, 0.3) is 0 Å². The fraction of sp³-hybridized carbons (Fsp3) is 1.00. The summed E-state index contributed by atoms with van der Waals surface area (Å²) in [6.45, 7) is 5.34. The third kappa shape index (κ3) is 1.89. The van der Waals surface area contributed by atoms with Crippen LogP contribution in [0.5, 0.6) is 0 Å². The molecule has 0 spiro atoms. The van der Waals surface area contributed by atoms with Crippen molar-refractivity contribution in [2.45, 2.75) is 31.7 Å². The average Bonchev–Trinajstić information content (AvgIpc) is 2.91. The van der Waals surface area contributed by atoms with Gasteiger partial charge in [-0.3, -0.25) is 0 Å². The van der Waals surface area contributed by atoms with Gasteiger partial charge in [0, 0.05) is 12.6 Å². The Labute approximate surface area is 98.2 Å². The average molecular weight is 224 g/mol. The number of rotatable bonds is 2. The number of likely N-dealkylation sites (tertiary alicyclic amines) is 1. The van der Waals surface area contributed by atoms with Gasteiger partial charge >= 0.3 is 0 Å². The Morgan fingerprint density at radius 3 is 2.62 bits per heavy atom. The second-order valence-corrected chi connectivity index (χ2v) is 5.89. The number of nitrogens with zero attached hydrogens (tertiary/aromatic N) is 1. The predicted molar refractivity (Wildman–Crippen MR) is 64.3 cm³/mol. The maximum Gasteiger partial charge on any atom is 0.0460 e. The van der Waals surface area contributed by atoms with Gasteiger partial charge in [-0.1, -0.05) is 0 Å². The summed E-state index contributed by atoms with van der Waals surface area (Å²) >= 11 is 0. The van der Waals surface area contributed by atoms with Crippen LogP contribution in [0, 0.1) is 17.8 Å². The minimum atomic E-state index is 0.395. The van der Waals surface area contributed by atoms with Crippen LogP contribution in [-0.2, 0) is 0 Å². The molecular weight excluding hydrogens is 200 g/mol. The SMILES string of the molecule is OCC1CCN(C2CCC3CNCC32)CC1. The van der Waals surface area contributed by atoms with Crippen LogP contribution in [0.1, 0.15) is 25.7 Å². The van der Waals surface area contributed by atoms with Gasteiger partial charge in [0.2, 0.25) is 0 Å². The lowest BCUT2D eigenvalue weighted by atomic mass is 9.92. The van der Waals surface area contributed by atoms with Crippen molar-refractivity contribution in [3.8, 4) is 0 Å². The summed E-state index contributed by atoms with van der Waals surface area (Å²) in [7, 11) is 0. The Hall–Kier alpha value is -0.120. The van der Waals surface area contributed by atoms with Crippen molar-refractivity contribution in [3.63, 3.8) is 0 Å². The van der Waals surface area contributed by atoms with Gasteiger partial charge in [0.15, 0.2) is 0 Å².